The Morgan fingerprint density at radius 1 is 1.46 bits per heavy atom. The molecule has 2 aromatic rings. The summed E-state index contributed by atoms with van der Waals surface area (Å²) in [7, 11) is 0. The number of halogens is 1. The maximum absolute atomic E-state index is 13.0. The summed E-state index contributed by atoms with van der Waals surface area (Å²) in [5, 5.41) is 0. The Hall–Kier alpha value is -1.71. The molecule has 3 nitrogen and oxygen atoms in total. The molecule has 0 spiro atoms. The first kappa shape index (κ1) is 7.91. The summed E-state index contributed by atoms with van der Waals surface area (Å²) in [5.41, 5.74) is 1.16. The largest absolute Gasteiger partial charge is 0.319 e. The number of hydrogen-bond donors (Lipinski definition) is 1. The summed E-state index contributed by atoms with van der Waals surface area (Å²) in [5.74, 6) is -0.337. The number of aromatic nitrogens is 2. The van der Waals surface area contributed by atoms with Crippen LogP contribution in [-0.2, 0) is 0 Å². The van der Waals surface area contributed by atoms with Gasteiger partial charge < -0.3 is 4.98 Å². The zero-order chi connectivity index (χ0) is 9.42. The molecule has 0 aliphatic heterocycles. The Morgan fingerprint density at radius 3 is 3.00 bits per heavy atom. The van der Waals surface area contributed by atoms with Gasteiger partial charge in [-0.1, -0.05) is 0 Å². The number of nitrogens with zero attached hydrogens (tertiary/aromatic N) is 1. The number of aryl methyl sites for hydroxylation is 1. The third-order valence-electron chi connectivity index (χ3n) is 1.95. The van der Waals surface area contributed by atoms with Crippen molar-refractivity contribution in [2.45, 2.75) is 6.92 Å². The molecule has 1 heterocycles. The van der Waals surface area contributed by atoms with Crippen molar-refractivity contribution in [3.8, 4) is 0 Å². The molecule has 0 aliphatic rings. The highest BCUT2D eigenvalue weighted by molar-refractivity contribution is 5.77. The molecular weight excluding hydrogens is 171 g/mol. The Labute approximate surface area is 73.2 Å². The minimum atomic E-state index is -0.337. The van der Waals surface area contributed by atoms with Crippen LogP contribution in [0.5, 0.6) is 0 Å². The molecular formula is C9H7FN2O. The molecule has 1 aromatic heterocycles. The smallest absolute Gasteiger partial charge is 0.266 e. The lowest BCUT2D eigenvalue weighted by molar-refractivity contribution is 0.620. The van der Waals surface area contributed by atoms with Crippen molar-refractivity contribution in [3.63, 3.8) is 0 Å². The fourth-order valence-electron chi connectivity index (χ4n) is 1.22. The van der Waals surface area contributed by atoms with E-state index in [1.807, 2.05) is 0 Å². The molecule has 0 saturated carbocycles. The highest BCUT2D eigenvalue weighted by Gasteiger charge is 2.03. The van der Waals surface area contributed by atoms with Gasteiger partial charge in [-0.2, -0.15) is 0 Å². The predicted octanol–water partition coefficient (Wildman–Crippen LogP) is 1.37. The van der Waals surface area contributed by atoms with Crippen molar-refractivity contribution in [1.82, 2.24) is 9.97 Å². The van der Waals surface area contributed by atoms with E-state index >= 15 is 0 Å². The number of H-pyrrole nitrogens is 1. The molecule has 0 saturated heterocycles. The van der Waals surface area contributed by atoms with E-state index in [0.717, 1.165) is 0 Å². The quantitative estimate of drug-likeness (QED) is 0.662. The molecule has 4 heteroatoms. The molecule has 0 fully saturated rings. The van der Waals surface area contributed by atoms with Gasteiger partial charge in [0.15, 0.2) is 0 Å². The number of benzene rings is 1. The van der Waals surface area contributed by atoms with Gasteiger partial charge in [0.05, 0.1) is 17.2 Å². The highest BCUT2D eigenvalue weighted by Crippen LogP contribution is 2.14. The number of hydrogen-bond acceptors (Lipinski definition) is 2. The molecule has 1 N–H and O–H groups in total. The average Bonchev–Trinajstić information content (AvgIpc) is 2.12. The summed E-state index contributed by atoms with van der Waals surface area (Å²) >= 11 is 0. The highest BCUT2D eigenvalue weighted by atomic mass is 19.1. The zero-order valence-corrected chi connectivity index (χ0v) is 6.97. The molecule has 0 amide bonds. The van der Waals surface area contributed by atoms with Crippen LogP contribution in [0.3, 0.4) is 0 Å². The van der Waals surface area contributed by atoms with Crippen molar-refractivity contribution >= 4 is 11.0 Å². The molecule has 0 bridgehead atoms. The maximum atomic E-state index is 13.0. The van der Waals surface area contributed by atoms with Crippen LogP contribution in [0.1, 0.15) is 5.56 Å². The van der Waals surface area contributed by atoms with Crippen molar-refractivity contribution in [3.05, 3.63) is 40.1 Å². The summed E-state index contributed by atoms with van der Waals surface area (Å²) in [6, 6.07) is 2.87. The fourth-order valence-corrected chi connectivity index (χ4v) is 1.22. The van der Waals surface area contributed by atoms with Crippen LogP contribution in [-0.4, -0.2) is 9.97 Å². The maximum Gasteiger partial charge on any atom is 0.266 e. The number of rotatable bonds is 0. The zero-order valence-electron chi connectivity index (χ0n) is 6.97. The molecule has 0 radical (unpaired) electrons. The molecule has 0 atom stereocenters. The van der Waals surface area contributed by atoms with Crippen LogP contribution in [0, 0.1) is 12.7 Å². The third-order valence-corrected chi connectivity index (χ3v) is 1.95. The van der Waals surface area contributed by atoms with E-state index in [2.05, 4.69) is 9.97 Å². The summed E-state index contributed by atoms with van der Waals surface area (Å²) in [6.07, 6.45) is 1.18. The molecule has 0 aliphatic carbocycles. The minimum Gasteiger partial charge on any atom is -0.319 e. The number of fused-ring (bicyclic) bond motifs is 1. The lowest BCUT2D eigenvalue weighted by Gasteiger charge is -2.00. The Morgan fingerprint density at radius 2 is 2.23 bits per heavy atom. The van der Waals surface area contributed by atoms with Gasteiger partial charge in [0.25, 0.3) is 5.56 Å². The first-order valence-electron chi connectivity index (χ1n) is 3.82. The predicted molar refractivity (Wildman–Crippen MR) is 47.1 cm³/mol. The van der Waals surface area contributed by atoms with E-state index < -0.39 is 0 Å². The van der Waals surface area contributed by atoms with Crippen LogP contribution in [0.15, 0.2) is 23.1 Å². The van der Waals surface area contributed by atoms with E-state index in [4.69, 9.17) is 0 Å². The van der Waals surface area contributed by atoms with Crippen molar-refractivity contribution < 1.29 is 4.39 Å². The SMILES string of the molecule is Cc1c(F)ccc2ncc(=O)[nH]c12. The van der Waals surface area contributed by atoms with Crippen LogP contribution in [0.25, 0.3) is 11.0 Å². The standard InChI is InChI=1S/C9H7FN2O/c1-5-6(10)2-3-7-9(5)12-8(13)4-11-7/h2-4H,1H3,(H,12,13). The number of aromatic amines is 1. The van der Waals surface area contributed by atoms with Gasteiger partial charge in [-0.05, 0) is 19.1 Å². The van der Waals surface area contributed by atoms with Gasteiger partial charge in [0.2, 0.25) is 0 Å². The summed E-state index contributed by atoms with van der Waals surface area (Å²) in [4.78, 5) is 17.3. The van der Waals surface area contributed by atoms with Crippen molar-refractivity contribution in [2.24, 2.45) is 0 Å². The first-order chi connectivity index (χ1) is 6.18. The van der Waals surface area contributed by atoms with Gasteiger partial charge in [-0.3, -0.25) is 4.79 Å². The summed E-state index contributed by atoms with van der Waals surface area (Å²) in [6.45, 7) is 1.61. The molecule has 13 heavy (non-hydrogen) atoms. The molecule has 66 valence electrons. The summed E-state index contributed by atoms with van der Waals surface area (Å²) < 4.78 is 13.0. The van der Waals surface area contributed by atoms with Crippen LogP contribution >= 0.6 is 0 Å². The van der Waals surface area contributed by atoms with Gasteiger partial charge in [0.1, 0.15) is 5.82 Å². The van der Waals surface area contributed by atoms with E-state index in [-0.39, 0.29) is 11.4 Å². The third kappa shape index (κ3) is 1.20. The van der Waals surface area contributed by atoms with Gasteiger partial charge in [-0.15, -0.1) is 0 Å². The monoisotopic (exact) mass is 178 g/mol. The Bertz CT molecular complexity index is 518. The lowest BCUT2D eigenvalue weighted by atomic mass is 10.2. The topological polar surface area (TPSA) is 45.8 Å². The van der Waals surface area contributed by atoms with Crippen LogP contribution in [0.2, 0.25) is 0 Å². The van der Waals surface area contributed by atoms with E-state index in [1.165, 1.54) is 18.3 Å². The second kappa shape index (κ2) is 2.65. The van der Waals surface area contributed by atoms with E-state index in [0.29, 0.717) is 16.6 Å². The van der Waals surface area contributed by atoms with E-state index in [9.17, 15) is 9.18 Å². The average molecular weight is 178 g/mol. The first-order valence-corrected chi connectivity index (χ1v) is 3.82. The number of nitrogens with one attached hydrogen (secondary N) is 1. The van der Waals surface area contributed by atoms with Crippen LogP contribution < -0.4 is 5.56 Å². The van der Waals surface area contributed by atoms with Crippen molar-refractivity contribution in [1.29, 1.82) is 0 Å². The van der Waals surface area contributed by atoms with Gasteiger partial charge in [-0.25, -0.2) is 9.37 Å². The van der Waals surface area contributed by atoms with Gasteiger partial charge in [0, 0.05) is 5.56 Å². The van der Waals surface area contributed by atoms with Crippen LogP contribution in [0.4, 0.5) is 4.39 Å². The lowest BCUT2D eigenvalue weighted by Crippen LogP contribution is -2.06. The second-order valence-electron chi connectivity index (χ2n) is 2.81. The Balaban J connectivity index is 2.97. The van der Waals surface area contributed by atoms with E-state index in [1.54, 1.807) is 6.92 Å². The molecule has 0 unspecified atom stereocenters. The second-order valence-corrected chi connectivity index (χ2v) is 2.81. The minimum absolute atomic E-state index is 0.318. The normalized spacial score (nSPS) is 10.6. The van der Waals surface area contributed by atoms with Gasteiger partial charge >= 0.3 is 0 Å². The van der Waals surface area contributed by atoms with Crippen molar-refractivity contribution in [2.75, 3.05) is 0 Å². The molecule has 2 rings (SSSR count). The Kier molecular flexibility index (Phi) is 1.62. The molecule has 1 aromatic carbocycles. The fraction of sp³-hybridized carbons (Fsp3) is 0.111.